The van der Waals surface area contributed by atoms with Gasteiger partial charge < -0.3 is 34.0 Å². The summed E-state index contributed by atoms with van der Waals surface area (Å²) >= 11 is 0. The molecule has 3 aromatic rings. The molecule has 30 heavy (non-hydrogen) atoms. The summed E-state index contributed by atoms with van der Waals surface area (Å²) in [6, 6.07) is 32.5. The van der Waals surface area contributed by atoms with Gasteiger partial charge in [0.15, 0.2) is 0 Å². The SMILES string of the molecule is [CH-]=O.[Cl-].[NH-]CCNCCN.[RuH].c1ccc([PH+](c2ccccc2)c2ccccc2)cc1. The zero-order chi connectivity index (χ0) is 20.5. The van der Waals surface area contributed by atoms with Crippen molar-refractivity contribution in [1.29, 1.82) is 0 Å². The van der Waals surface area contributed by atoms with Gasteiger partial charge in [0.1, 0.15) is 15.9 Å². The summed E-state index contributed by atoms with van der Waals surface area (Å²) in [5.74, 6) is 0. The van der Waals surface area contributed by atoms with Gasteiger partial charge in [-0.1, -0.05) is 54.6 Å². The van der Waals surface area contributed by atoms with Crippen LogP contribution in [0.5, 0.6) is 0 Å². The number of rotatable bonds is 7. The van der Waals surface area contributed by atoms with E-state index >= 15 is 0 Å². The Morgan fingerprint density at radius 1 is 0.733 bits per heavy atom. The fraction of sp³-hybridized carbons (Fsp3) is 0.174. The second kappa shape index (κ2) is 20.8. The Kier molecular flexibility index (Phi) is 21.3. The molecule has 0 aliphatic heterocycles. The van der Waals surface area contributed by atoms with E-state index in [1.165, 1.54) is 15.9 Å². The van der Waals surface area contributed by atoms with Gasteiger partial charge in [0.05, 0.1) is 7.92 Å². The molecule has 3 rings (SSSR count). The van der Waals surface area contributed by atoms with Crippen LogP contribution in [0.2, 0.25) is 0 Å². The molecule has 4 N–H and O–H groups in total. The van der Waals surface area contributed by atoms with Crippen molar-refractivity contribution in [2.45, 2.75) is 0 Å². The van der Waals surface area contributed by atoms with E-state index in [9.17, 15) is 0 Å². The number of benzene rings is 3. The van der Waals surface area contributed by atoms with Crippen molar-refractivity contribution < 1.29 is 36.7 Å². The summed E-state index contributed by atoms with van der Waals surface area (Å²) in [6.45, 7) is 5.95. The van der Waals surface area contributed by atoms with E-state index in [2.05, 4.69) is 103 Å². The van der Waals surface area contributed by atoms with Gasteiger partial charge in [-0.2, -0.15) is 0 Å². The largest absolute Gasteiger partial charge is 0.102 e. The van der Waals surface area contributed by atoms with Crippen LogP contribution in [0.4, 0.5) is 0 Å². The van der Waals surface area contributed by atoms with Gasteiger partial charge in [0.2, 0.25) is 0 Å². The number of hydrogen-bond donors (Lipinski definition) is 2. The molecule has 0 aliphatic rings. The first-order valence-electron chi connectivity index (χ1n) is 9.19. The van der Waals surface area contributed by atoms with Crippen molar-refractivity contribution in [3.8, 4) is 0 Å². The van der Waals surface area contributed by atoms with Crippen molar-refractivity contribution >= 4 is 30.6 Å². The van der Waals surface area contributed by atoms with Crippen LogP contribution in [0.1, 0.15) is 0 Å². The predicted molar refractivity (Wildman–Crippen MR) is 126 cm³/mol. The van der Waals surface area contributed by atoms with Crippen molar-refractivity contribution in [3.05, 3.63) is 96.7 Å². The minimum atomic E-state index is -0.877. The molecule has 165 valence electrons. The van der Waals surface area contributed by atoms with E-state index in [1.807, 2.05) is 0 Å². The summed E-state index contributed by atoms with van der Waals surface area (Å²) in [5.41, 5.74) is 11.8. The molecule has 0 atom stereocenters. The van der Waals surface area contributed by atoms with Crippen molar-refractivity contribution in [2.75, 3.05) is 26.2 Å². The van der Waals surface area contributed by atoms with Crippen LogP contribution < -0.4 is 39.4 Å². The second-order valence-electron chi connectivity index (χ2n) is 5.76. The van der Waals surface area contributed by atoms with Crippen LogP contribution in [0.25, 0.3) is 5.73 Å². The maximum atomic E-state index is 7.75. The first-order valence-corrected chi connectivity index (χ1v) is 10.7. The van der Waals surface area contributed by atoms with Crippen molar-refractivity contribution in [1.82, 2.24) is 5.32 Å². The number of carbonyl (C=O) groups excluding carboxylic acids is 1. The van der Waals surface area contributed by atoms with E-state index in [1.54, 1.807) is 0 Å². The van der Waals surface area contributed by atoms with Crippen LogP contribution in [0.3, 0.4) is 0 Å². The van der Waals surface area contributed by atoms with Crippen molar-refractivity contribution in [3.63, 3.8) is 0 Å². The van der Waals surface area contributed by atoms with Gasteiger partial charge in [-0.15, -0.1) is 6.54 Å². The molecule has 7 heteroatoms. The number of nitrogens with one attached hydrogen (secondary N) is 2. The maximum Gasteiger partial charge on any atom is 0.102 e. The monoisotopic (exact) mass is 532 g/mol. The molecule has 0 unspecified atom stereocenters. The predicted octanol–water partition coefficient (Wildman–Crippen LogP) is -0.776. The minimum Gasteiger partial charge on any atom is -0.0620 e. The Labute approximate surface area is 200 Å². The average molecular weight is 532 g/mol. The Morgan fingerprint density at radius 3 is 1.33 bits per heavy atom. The van der Waals surface area contributed by atoms with Crippen LogP contribution in [0.15, 0.2) is 91.0 Å². The van der Waals surface area contributed by atoms with Gasteiger partial charge in [0.25, 0.3) is 0 Å². The fourth-order valence-corrected chi connectivity index (χ4v) is 5.21. The summed E-state index contributed by atoms with van der Waals surface area (Å²) < 4.78 is 0. The summed E-state index contributed by atoms with van der Waals surface area (Å²) in [6.07, 6.45) is 0. The maximum absolute atomic E-state index is 7.75. The molecule has 0 saturated heterocycles. The Bertz CT molecular complexity index is 641. The molecule has 0 radical (unpaired) electrons. The molecule has 0 aliphatic carbocycles. The number of nitrogens with two attached hydrogens (primary N) is 1. The van der Waals surface area contributed by atoms with Crippen LogP contribution in [-0.2, 0) is 24.3 Å². The third kappa shape index (κ3) is 11.7. The Balaban J connectivity index is 0. The Morgan fingerprint density at radius 2 is 1.07 bits per heavy atom. The number of hydrogen-bond acceptors (Lipinski definition) is 3. The van der Waals surface area contributed by atoms with E-state index in [4.69, 9.17) is 16.3 Å². The molecule has 0 heterocycles. The molecule has 0 amide bonds. The average Bonchev–Trinajstić information content (AvgIpc) is 2.78. The van der Waals surface area contributed by atoms with Gasteiger partial charge in [-0.3, -0.25) is 6.79 Å². The normalized spacial score (nSPS) is 9.03. The van der Waals surface area contributed by atoms with Crippen LogP contribution in [0, 0.1) is 0 Å². The fourth-order valence-electron chi connectivity index (χ4n) is 2.63. The van der Waals surface area contributed by atoms with E-state index in [0.29, 0.717) is 13.1 Å². The van der Waals surface area contributed by atoms with Crippen molar-refractivity contribution in [2.24, 2.45) is 5.73 Å². The first-order chi connectivity index (χ1) is 13.9. The van der Waals surface area contributed by atoms with E-state index in [0.717, 1.165) is 13.1 Å². The van der Waals surface area contributed by atoms with Crippen LogP contribution in [-0.4, -0.2) is 33.0 Å². The third-order valence-corrected chi connectivity index (χ3v) is 6.54. The summed E-state index contributed by atoms with van der Waals surface area (Å²) in [7, 11) is -0.877. The molecular weight excluding hydrogens is 502 g/mol. The first kappa shape index (κ1) is 30.7. The topological polar surface area (TPSA) is 78.9 Å². The third-order valence-electron chi connectivity index (χ3n) is 3.81. The van der Waals surface area contributed by atoms with Gasteiger partial charge in [-0.25, -0.2) is 0 Å². The van der Waals surface area contributed by atoms with Gasteiger partial charge >= 0.3 is 19.5 Å². The molecule has 0 spiro atoms. The van der Waals surface area contributed by atoms with E-state index < -0.39 is 7.92 Å². The van der Waals surface area contributed by atoms with Gasteiger partial charge in [-0.05, 0) is 42.9 Å². The zero-order valence-electron chi connectivity index (χ0n) is 16.8. The standard InChI is InChI=1S/C18H15P.C4H12N3.CHO.ClH.Ru.H/c1-4-10-16(11-5-1)19(17-12-6-2-7-13-17)18-14-8-3-9-15-18;5-1-3-7-4-2-6;1-2;;;/h1-15H;5,7H,1-4,6H2;1H;1H;;/q;2*-1;;;. The molecule has 0 aromatic heterocycles. The summed E-state index contributed by atoms with van der Waals surface area (Å²) in [5, 5.41) is 7.28. The Hall–Kier alpha value is -1.45. The zero-order valence-corrected chi connectivity index (χ0v) is 20.4. The van der Waals surface area contributed by atoms with E-state index in [-0.39, 0.29) is 31.9 Å². The summed E-state index contributed by atoms with van der Waals surface area (Å²) in [4.78, 5) is 7.75. The molecule has 0 saturated carbocycles. The molecular formula is C23H30ClN3OPRu-2. The van der Waals surface area contributed by atoms with Gasteiger partial charge in [0, 0.05) is 13.1 Å². The minimum absolute atomic E-state index is 0. The quantitative estimate of drug-likeness (QED) is 0.138. The molecule has 4 nitrogen and oxygen atoms in total. The van der Waals surface area contributed by atoms with Crippen LogP contribution >= 0.6 is 7.92 Å². The second-order valence-corrected chi connectivity index (χ2v) is 8.24. The number of halogens is 1. The molecule has 0 fully saturated rings. The molecule has 0 bridgehead atoms. The molecule has 3 aromatic carbocycles. The smallest absolute Gasteiger partial charge is 0.0620 e.